The van der Waals surface area contributed by atoms with Crippen LogP contribution in [0.2, 0.25) is 0 Å². The van der Waals surface area contributed by atoms with Gasteiger partial charge in [0, 0.05) is 6.54 Å². The Labute approximate surface area is 164 Å². The first kappa shape index (κ1) is 19.7. The Hall–Kier alpha value is -3.06. The van der Waals surface area contributed by atoms with Gasteiger partial charge < -0.3 is 14.8 Å². The maximum absolute atomic E-state index is 12.9. The normalized spacial score (nSPS) is 13.2. The van der Waals surface area contributed by atoms with Crippen LogP contribution in [0.3, 0.4) is 0 Å². The average molecular weight is 383 g/mol. The van der Waals surface area contributed by atoms with Crippen molar-refractivity contribution in [3.8, 4) is 11.5 Å². The summed E-state index contributed by atoms with van der Waals surface area (Å²) in [6.07, 6.45) is 0. The number of hydrogen-bond donors (Lipinski definition) is 1. The zero-order valence-corrected chi connectivity index (χ0v) is 16.6. The van der Waals surface area contributed by atoms with Crippen molar-refractivity contribution in [2.45, 2.75) is 13.5 Å². The molecule has 1 aliphatic rings. The summed E-state index contributed by atoms with van der Waals surface area (Å²) in [7, 11) is 5.08. The van der Waals surface area contributed by atoms with E-state index in [1.807, 2.05) is 49.2 Å². The highest BCUT2D eigenvalue weighted by Gasteiger charge is 2.27. The summed E-state index contributed by atoms with van der Waals surface area (Å²) in [6, 6.07) is 11.2. The van der Waals surface area contributed by atoms with Crippen LogP contribution in [-0.4, -0.2) is 51.1 Å². The Morgan fingerprint density at radius 1 is 1.18 bits per heavy atom. The largest absolute Gasteiger partial charge is 0.493 e. The van der Waals surface area contributed by atoms with Gasteiger partial charge in [-0.25, -0.2) is 0 Å². The van der Waals surface area contributed by atoms with Crippen LogP contribution in [0.4, 0.5) is 11.4 Å². The number of methoxy groups -OCH3 is 2. The Kier molecular flexibility index (Phi) is 5.84. The first-order valence-corrected chi connectivity index (χ1v) is 9.02. The summed E-state index contributed by atoms with van der Waals surface area (Å²) < 4.78 is 10.7. The molecule has 0 atom stereocenters. The minimum atomic E-state index is -0.189. The lowest BCUT2D eigenvalue weighted by atomic mass is 10.1. The molecular weight excluding hydrogens is 358 g/mol. The third kappa shape index (κ3) is 4.09. The molecule has 1 heterocycles. The molecular formula is C21H25N3O4. The molecule has 0 unspecified atom stereocenters. The number of benzene rings is 2. The highest BCUT2D eigenvalue weighted by atomic mass is 16.5. The monoisotopic (exact) mass is 383 g/mol. The molecule has 0 radical (unpaired) electrons. The number of nitrogens with zero attached hydrogens (tertiary/aromatic N) is 2. The number of amides is 2. The zero-order chi connectivity index (χ0) is 20.3. The van der Waals surface area contributed by atoms with E-state index in [0.717, 1.165) is 16.8 Å². The molecule has 2 amide bonds. The van der Waals surface area contributed by atoms with Crippen molar-refractivity contribution in [3.63, 3.8) is 0 Å². The molecule has 3 rings (SSSR count). The number of carbonyl (C=O) groups excluding carboxylic acids is 2. The first-order valence-electron chi connectivity index (χ1n) is 9.02. The highest BCUT2D eigenvalue weighted by molar-refractivity contribution is 6.10. The standard InChI is InChI=1S/C21H25N3O4/c1-14-9-18(27-3)19(28-4)10-15(14)11-23(2)13-21(26)24-12-20(25)22-16-7-5-6-8-17(16)24/h5-10H,11-13H2,1-4H3,(H,22,25). The van der Waals surface area contributed by atoms with E-state index in [1.54, 1.807) is 20.3 Å². The van der Waals surface area contributed by atoms with E-state index in [1.165, 1.54) is 4.90 Å². The van der Waals surface area contributed by atoms with E-state index >= 15 is 0 Å². The van der Waals surface area contributed by atoms with Crippen molar-refractivity contribution in [1.29, 1.82) is 0 Å². The van der Waals surface area contributed by atoms with Crippen molar-refractivity contribution in [2.75, 3.05) is 44.6 Å². The van der Waals surface area contributed by atoms with Crippen molar-refractivity contribution in [3.05, 3.63) is 47.5 Å². The quantitative estimate of drug-likeness (QED) is 0.830. The molecule has 0 spiro atoms. The number of hydrogen-bond acceptors (Lipinski definition) is 5. The summed E-state index contributed by atoms with van der Waals surface area (Å²) in [5, 5.41) is 2.80. The predicted molar refractivity (Wildman–Crippen MR) is 108 cm³/mol. The lowest BCUT2D eigenvalue weighted by Gasteiger charge is -2.30. The van der Waals surface area contributed by atoms with Gasteiger partial charge in [-0.3, -0.25) is 19.4 Å². The fourth-order valence-corrected chi connectivity index (χ4v) is 3.31. The number of fused-ring (bicyclic) bond motifs is 1. The number of nitrogens with one attached hydrogen (secondary N) is 1. The first-order chi connectivity index (χ1) is 13.4. The number of aryl methyl sites for hydroxylation is 1. The predicted octanol–water partition coefficient (Wildman–Crippen LogP) is 2.43. The lowest BCUT2D eigenvalue weighted by Crippen LogP contribution is -2.46. The number of carbonyl (C=O) groups is 2. The fourth-order valence-electron chi connectivity index (χ4n) is 3.31. The fraction of sp³-hybridized carbons (Fsp3) is 0.333. The van der Waals surface area contributed by atoms with E-state index in [-0.39, 0.29) is 24.9 Å². The topological polar surface area (TPSA) is 71.1 Å². The minimum Gasteiger partial charge on any atom is -0.493 e. The molecule has 148 valence electrons. The Morgan fingerprint density at radius 2 is 1.86 bits per heavy atom. The molecule has 0 saturated carbocycles. The number of likely N-dealkylation sites (N-methyl/N-ethyl adjacent to an activating group) is 1. The van der Waals surface area contributed by atoms with E-state index in [9.17, 15) is 9.59 Å². The molecule has 0 bridgehead atoms. The van der Waals surface area contributed by atoms with E-state index in [2.05, 4.69) is 5.32 Å². The van der Waals surface area contributed by atoms with Crippen LogP contribution in [0.5, 0.6) is 11.5 Å². The minimum absolute atomic E-state index is 0.0269. The van der Waals surface area contributed by atoms with Crippen molar-refractivity contribution in [1.82, 2.24) is 4.90 Å². The molecule has 2 aromatic rings. The molecule has 7 heteroatoms. The van der Waals surface area contributed by atoms with Gasteiger partial charge in [0.15, 0.2) is 11.5 Å². The van der Waals surface area contributed by atoms with Crippen molar-refractivity contribution >= 4 is 23.2 Å². The molecule has 0 saturated heterocycles. The molecule has 0 aromatic heterocycles. The lowest BCUT2D eigenvalue weighted by molar-refractivity contribution is -0.122. The summed E-state index contributed by atoms with van der Waals surface area (Å²) in [5.41, 5.74) is 3.48. The maximum atomic E-state index is 12.9. The van der Waals surface area contributed by atoms with Crippen LogP contribution < -0.4 is 19.7 Å². The van der Waals surface area contributed by atoms with E-state index in [0.29, 0.717) is 23.7 Å². The van der Waals surface area contributed by atoms with Crippen molar-refractivity contribution < 1.29 is 19.1 Å². The van der Waals surface area contributed by atoms with Crippen LogP contribution in [0.15, 0.2) is 36.4 Å². The number of rotatable bonds is 6. The SMILES string of the molecule is COc1cc(C)c(CN(C)CC(=O)N2CC(=O)Nc3ccccc32)cc1OC. The van der Waals surface area contributed by atoms with Gasteiger partial charge in [0.2, 0.25) is 11.8 Å². The van der Waals surface area contributed by atoms with Gasteiger partial charge >= 0.3 is 0 Å². The second-order valence-corrected chi connectivity index (χ2v) is 6.85. The summed E-state index contributed by atoms with van der Waals surface area (Å²) in [5.74, 6) is 1.02. The second kappa shape index (κ2) is 8.31. The van der Waals surface area contributed by atoms with E-state index < -0.39 is 0 Å². The number of anilines is 2. The summed E-state index contributed by atoms with van der Waals surface area (Å²) in [6.45, 7) is 2.78. The Morgan fingerprint density at radius 3 is 2.57 bits per heavy atom. The maximum Gasteiger partial charge on any atom is 0.244 e. The molecule has 0 fully saturated rings. The average Bonchev–Trinajstić information content (AvgIpc) is 2.68. The Balaban J connectivity index is 1.73. The molecule has 28 heavy (non-hydrogen) atoms. The van der Waals surface area contributed by atoms with Crippen LogP contribution >= 0.6 is 0 Å². The van der Waals surface area contributed by atoms with Gasteiger partial charge in [-0.1, -0.05) is 12.1 Å². The third-order valence-electron chi connectivity index (χ3n) is 4.76. The third-order valence-corrected chi connectivity index (χ3v) is 4.76. The number of ether oxygens (including phenoxy) is 2. The zero-order valence-electron chi connectivity index (χ0n) is 16.6. The molecule has 0 aliphatic carbocycles. The molecule has 1 N–H and O–H groups in total. The smallest absolute Gasteiger partial charge is 0.244 e. The Bertz CT molecular complexity index is 897. The molecule has 7 nitrogen and oxygen atoms in total. The van der Waals surface area contributed by atoms with Gasteiger partial charge in [-0.2, -0.15) is 0 Å². The van der Waals surface area contributed by atoms with Gasteiger partial charge in [0.1, 0.15) is 6.54 Å². The summed E-state index contributed by atoms with van der Waals surface area (Å²) >= 11 is 0. The van der Waals surface area contributed by atoms with Crippen LogP contribution in [0.1, 0.15) is 11.1 Å². The van der Waals surface area contributed by atoms with Gasteiger partial charge in [-0.05, 0) is 49.4 Å². The van der Waals surface area contributed by atoms with Gasteiger partial charge in [0.05, 0.1) is 32.1 Å². The van der Waals surface area contributed by atoms with Gasteiger partial charge in [-0.15, -0.1) is 0 Å². The van der Waals surface area contributed by atoms with Crippen LogP contribution in [-0.2, 0) is 16.1 Å². The molecule has 1 aliphatic heterocycles. The second-order valence-electron chi connectivity index (χ2n) is 6.85. The van der Waals surface area contributed by atoms with Crippen LogP contribution in [0.25, 0.3) is 0 Å². The summed E-state index contributed by atoms with van der Waals surface area (Å²) in [4.78, 5) is 28.3. The van der Waals surface area contributed by atoms with Crippen LogP contribution in [0, 0.1) is 6.92 Å². The van der Waals surface area contributed by atoms with E-state index in [4.69, 9.17) is 9.47 Å². The van der Waals surface area contributed by atoms with Crippen molar-refractivity contribution in [2.24, 2.45) is 0 Å². The highest BCUT2D eigenvalue weighted by Crippen LogP contribution is 2.31. The number of para-hydroxylation sites is 2. The molecule has 2 aromatic carbocycles. The van der Waals surface area contributed by atoms with Gasteiger partial charge in [0.25, 0.3) is 0 Å².